The first-order valence-corrected chi connectivity index (χ1v) is 11.1. The zero-order valence-corrected chi connectivity index (χ0v) is 18.3. The molecule has 1 N–H and O–H groups in total. The molecule has 1 aliphatic rings. The molecule has 0 aliphatic carbocycles. The number of hydrogen-bond donors (Lipinski definition) is 1. The van der Waals surface area contributed by atoms with E-state index in [2.05, 4.69) is 10.3 Å². The van der Waals surface area contributed by atoms with Gasteiger partial charge in [-0.1, -0.05) is 25.4 Å². The monoisotopic (exact) mass is 435 g/mol. The van der Waals surface area contributed by atoms with E-state index in [-0.39, 0.29) is 24.2 Å². The highest BCUT2D eigenvalue weighted by molar-refractivity contribution is 7.09. The van der Waals surface area contributed by atoms with E-state index in [1.165, 1.54) is 11.3 Å². The lowest BCUT2D eigenvalue weighted by molar-refractivity contribution is -0.136. The van der Waals surface area contributed by atoms with Crippen LogP contribution in [0.25, 0.3) is 0 Å². The number of thiazole rings is 1. The van der Waals surface area contributed by atoms with Crippen molar-refractivity contribution in [2.75, 3.05) is 13.1 Å². The molecule has 2 heterocycles. The fourth-order valence-electron chi connectivity index (χ4n) is 3.21. The Bertz CT molecular complexity index is 832. The first kappa shape index (κ1) is 21.6. The Morgan fingerprint density at radius 1 is 1.24 bits per heavy atom. The van der Waals surface area contributed by atoms with Gasteiger partial charge in [-0.05, 0) is 43.0 Å². The smallest absolute Gasteiger partial charge is 0.245 e. The number of aromatic nitrogens is 1. The van der Waals surface area contributed by atoms with Gasteiger partial charge in [0.2, 0.25) is 11.8 Å². The van der Waals surface area contributed by atoms with Crippen molar-refractivity contribution < 1.29 is 14.3 Å². The molecule has 1 fully saturated rings. The lowest BCUT2D eigenvalue weighted by Crippen LogP contribution is -2.50. The summed E-state index contributed by atoms with van der Waals surface area (Å²) in [5, 5.41) is 6.20. The molecule has 1 aliphatic heterocycles. The van der Waals surface area contributed by atoms with Crippen molar-refractivity contribution in [3.8, 4) is 5.75 Å². The van der Waals surface area contributed by atoms with Crippen LogP contribution in [0.2, 0.25) is 5.02 Å². The molecule has 0 bridgehead atoms. The van der Waals surface area contributed by atoms with E-state index in [1.807, 2.05) is 24.1 Å². The van der Waals surface area contributed by atoms with E-state index in [4.69, 9.17) is 16.3 Å². The molecule has 1 aromatic heterocycles. The van der Waals surface area contributed by atoms with Crippen LogP contribution in [0.5, 0.6) is 5.75 Å². The quantitative estimate of drug-likeness (QED) is 0.686. The van der Waals surface area contributed by atoms with Crippen molar-refractivity contribution in [2.24, 2.45) is 5.92 Å². The molecule has 0 unspecified atom stereocenters. The highest BCUT2D eigenvalue weighted by atomic mass is 35.5. The van der Waals surface area contributed by atoms with Gasteiger partial charge in [-0.2, -0.15) is 0 Å². The van der Waals surface area contributed by atoms with Crippen molar-refractivity contribution >= 4 is 34.8 Å². The molecular weight excluding hydrogens is 410 g/mol. The first-order valence-electron chi connectivity index (χ1n) is 9.82. The number of benzene rings is 1. The molecule has 2 amide bonds. The predicted octanol–water partition coefficient (Wildman–Crippen LogP) is 3.68. The average Bonchev–Trinajstić information content (AvgIpc) is 3.37. The highest BCUT2D eigenvalue weighted by Gasteiger charge is 2.30. The molecule has 3 rings (SSSR count). The second kappa shape index (κ2) is 10.1. The van der Waals surface area contributed by atoms with Gasteiger partial charge < -0.3 is 15.0 Å². The fraction of sp³-hybridized carbons (Fsp3) is 0.476. The average molecular weight is 436 g/mol. The van der Waals surface area contributed by atoms with Gasteiger partial charge in [0.25, 0.3) is 0 Å². The van der Waals surface area contributed by atoms with Gasteiger partial charge in [0, 0.05) is 23.5 Å². The topological polar surface area (TPSA) is 71.5 Å². The molecule has 2 aromatic rings. The molecule has 29 heavy (non-hydrogen) atoms. The van der Waals surface area contributed by atoms with E-state index < -0.39 is 6.04 Å². The fourth-order valence-corrected chi connectivity index (χ4v) is 4.04. The third-order valence-corrected chi connectivity index (χ3v) is 5.91. The van der Waals surface area contributed by atoms with Gasteiger partial charge in [-0.15, -0.1) is 11.3 Å². The highest BCUT2D eigenvalue weighted by Crippen LogP contribution is 2.19. The Balaban J connectivity index is 1.51. The maximum Gasteiger partial charge on any atom is 0.245 e. The third-order valence-electron chi connectivity index (χ3n) is 4.78. The summed E-state index contributed by atoms with van der Waals surface area (Å²) in [6.45, 7) is 5.79. The first-order chi connectivity index (χ1) is 13.9. The molecule has 0 saturated carbocycles. The summed E-state index contributed by atoms with van der Waals surface area (Å²) >= 11 is 7.31. The van der Waals surface area contributed by atoms with Crippen molar-refractivity contribution in [1.29, 1.82) is 0 Å². The van der Waals surface area contributed by atoms with Crippen molar-refractivity contribution in [2.45, 2.75) is 45.8 Å². The van der Waals surface area contributed by atoms with Crippen LogP contribution in [0.15, 0.2) is 29.6 Å². The van der Waals surface area contributed by atoms with Gasteiger partial charge in [-0.25, -0.2) is 4.98 Å². The van der Waals surface area contributed by atoms with E-state index in [1.54, 1.807) is 24.3 Å². The SMILES string of the molecule is CC(C)[C@H](NC(=O)Cc1csc(COc2ccc(Cl)cc2)n1)C(=O)N1CCCC1. The lowest BCUT2D eigenvalue weighted by Gasteiger charge is -2.26. The predicted molar refractivity (Wildman–Crippen MR) is 114 cm³/mol. The molecule has 1 saturated heterocycles. The Morgan fingerprint density at radius 3 is 2.59 bits per heavy atom. The van der Waals surface area contributed by atoms with Gasteiger partial charge >= 0.3 is 0 Å². The van der Waals surface area contributed by atoms with Gasteiger partial charge in [0.1, 0.15) is 23.4 Å². The third kappa shape index (κ3) is 6.18. The molecular formula is C21H26ClN3O3S. The van der Waals surface area contributed by atoms with E-state index >= 15 is 0 Å². The summed E-state index contributed by atoms with van der Waals surface area (Å²) in [6, 6.07) is 6.64. The molecule has 156 valence electrons. The number of nitrogens with zero attached hydrogens (tertiary/aromatic N) is 2. The Hall–Kier alpha value is -2.12. The van der Waals surface area contributed by atoms with Crippen molar-refractivity contribution in [1.82, 2.24) is 15.2 Å². The standard InChI is InChI=1S/C21H26ClN3O3S/c1-14(2)20(21(27)25-9-3-4-10-25)24-18(26)11-16-13-29-19(23-16)12-28-17-7-5-15(22)6-8-17/h5-8,13-14,20H,3-4,9-12H2,1-2H3,(H,24,26)/t20-/m0/s1. The normalized spacial score (nSPS) is 14.8. The summed E-state index contributed by atoms with van der Waals surface area (Å²) in [7, 11) is 0. The number of likely N-dealkylation sites (tertiary alicyclic amines) is 1. The number of rotatable bonds is 8. The Kier molecular flexibility index (Phi) is 7.50. The van der Waals surface area contributed by atoms with Crippen LogP contribution < -0.4 is 10.1 Å². The van der Waals surface area contributed by atoms with Crippen molar-refractivity contribution in [3.05, 3.63) is 45.4 Å². The molecule has 8 heteroatoms. The molecule has 1 atom stereocenters. The zero-order chi connectivity index (χ0) is 20.8. The van der Waals surface area contributed by atoms with Crippen molar-refractivity contribution in [3.63, 3.8) is 0 Å². The molecule has 1 aromatic carbocycles. The number of halogens is 1. The summed E-state index contributed by atoms with van der Waals surface area (Å²) in [4.78, 5) is 31.5. The van der Waals surface area contributed by atoms with E-state index in [9.17, 15) is 9.59 Å². The minimum absolute atomic E-state index is 0.0150. The van der Waals surface area contributed by atoms with Crippen LogP contribution in [0, 0.1) is 5.92 Å². The zero-order valence-electron chi connectivity index (χ0n) is 16.7. The van der Waals surface area contributed by atoms with Crippen LogP contribution >= 0.6 is 22.9 Å². The number of amides is 2. The van der Waals surface area contributed by atoms with Crippen LogP contribution in [-0.2, 0) is 22.6 Å². The van der Waals surface area contributed by atoms with Gasteiger partial charge in [0.05, 0.1) is 12.1 Å². The second-order valence-electron chi connectivity index (χ2n) is 7.47. The minimum atomic E-state index is -0.494. The van der Waals surface area contributed by atoms with Crippen LogP contribution in [0.1, 0.15) is 37.4 Å². The minimum Gasteiger partial charge on any atom is -0.486 e. The number of hydrogen-bond acceptors (Lipinski definition) is 5. The summed E-state index contributed by atoms with van der Waals surface area (Å²) in [5.74, 6) is 0.572. The number of carbonyl (C=O) groups excluding carboxylic acids is 2. The van der Waals surface area contributed by atoms with Crippen LogP contribution in [0.4, 0.5) is 0 Å². The number of nitrogens with one attached hydrogen (secondary N) is 1. The lowest BCUT2D eigenvalue weighted by atomic mass is 10.0. The Labute approximate surface area is 180 Å². The molecule has 0 radical (unpaired) electrons. The summed E-state index contributed by atoms with van der Waals surface area (Å²) in [6.07, 6.45) is 2.21. The largest absolute Gasteiger partial charge is 0.486 e. The summed E-state index contributed by atoms with van der Waals surface area (Å²) < 4.78 is 5.69. The Morgan fingerprint density at radius 2 is 1.93 bits per heavy atom. The van der Waals surface area contributed by atoms with E-state index in [0.29, 0.717) is 23.1 Å². The van der Waals surface area contributed by atoms with Crippen LogP contribution in [0.3, 0.4) is 0 Å². The van der Waals surface area contributed by atoms with Gasteiger partial charge in [0.15, 0.2) is 0 Å². The maximum absolute atomic E-state index is 12.7. The summed E-state index contributed by atoms with van der Waals surface area (Å²) in [5.41, 5.74) is 0.679. The maximum atomic E-state index is 12.7. The second-order valence-corrected chi connectivity index (χ2v) is 8.85. The number of ether oxygens (including phenoxy) is 1. The van der Waals surface area contributed by atoms with Gasteiger partial charge in [-0.3, -0.25) is 9.59 Å². The van der Waals surface area contributed by atoms with E-state index in [0.717, 1.165) is 30.9 Å². The van der Waals surface area contributed by atoms with Crippen LogP contribution in [-0.4, -0.2) is 40.8 Å². The molecule has 6 nitrogen and oxygen atoms in total. The molecule has 0 spiro atoms. The number of carbonyl (C=O) groups is 2.